The summed E-state index contributed by atoms with van der Waals surface area (Å²) in [5.74, 6) is -3.08. The lowest BCUT2D eigenvalue weighted by Crippen LogP contribution is -2.23. The number of alkyl halides is 3. The minimum Gasteiger partial charge on any atom is -0.384 e. The van der Waals surface area contributed by atoms with Gasteiger partial charge in [-0.1, -0.05) is 18.6 Å². The van der Waals surface area contributed by atoms with E-state index in [0.717, 1.165) is 25.7 Å². The van der Waals surface area contributed by atoms with Crippen LogP contribution in [0.5, 0.6) is 0 Å². The van der Waals surface area contributed by atoms with Crippen molar-refractivity contribution >= 4 is 27.1 Å². The van der Waals surface area contributed by atoms with E-state index in [-0.39, 0.29) is 16.0 Å². The van der Waals surface area contributed by atoms with Gasteiger partial charge in [0.25, 0.3) is 0 Å². The quantitative estimate of drug-likeness (QED) is 0.829. The molecule has 1 aliphatic rings. The summed E-state index contributed by atoms with van der Waals surface area (Å²) in [7, 11) is -4.59. The Kier molecular flexibility index (Phi) is 5.43. The Morgan fingerprint density at radius 2 is 2.00 bits per heavy atom. The highest BCUT2D eigenvalue weighted by atomic mass is 35.5. The van der Waals surface area contributed by atoms with Gasteiger partial charge < -0.3 is 5.32 Å². The van der Waals surface area contributed by atoms with Gasteiger partial charge in [0.05, 0.1) is 10.6 Å². The summed E-state index contributed by atoms with van der Waals surface area (Å²) in [5.41, 5.74) is 0.231. The Labute approximate surface area is 128 Å². The first-order valence-electron chi connectivity index (χ1n) is 6.90. The van der Waals surface area contributed by atoms with E-state index in [1.54, 1.807) is 6.07 Å². The Balaban J connectivity index is 2.10. The van der Waals surface area contributed by atoms with Gasteiger partial charge in [0.2, 0.25) is 9.84 Å². The molecule has 118 valence electrons. The zero-order valence-corrected chi connectivity index (χ0v) is 13.0. The Hall–Kier alpha value is -0.880. The first-order valence-corrected chi connectivity index (χ1v) is 8.88. The first kappa shape index (κ1) is 16.5. The third-order valence-electron chi connectivity index (χ3n) is 3.73. The fraction of sp³-hybridized carbons (Fsp3) is 0.571. The third-order valence-corrected chi connectivity index (χ3v) is 5.56. The lowest BCUT2D eigenvalue weighted by molar-refractivity contribution is 0.235. The van der Waals surface area contributed by atoms with Gasteiger partial charge in [-0.25, -0.2) is 8.42 Å². The van der Waals surface area contributed by atoms with Crippen LogP contribution in [0.25, 0.3) is 0 Å². The van der Waals surface area contributed by atoms with Crippen LogP contribution in [-0.4, -0.2) is 26.1 Å². The molecule has 0 saturated heterocycles. The van der Waals surface area contributed by atoms with Gasteiger partial charge in [-0.3, -0.25) is 0 Å². The second-order valence-corrected chi connectivity index (χ2v) is 7.82. The second-order valence-electron chi connectivity index (χ2n) is 5.31. The van der Waals surface area contributed by atoms with Crippen molar-refractivity contribution in [3.05, 3.63) is 24.3 Å². The Morgan fingerprint density at radius 1 is 1.29 bits per heavy atom. The van der Waals surface area contributed by atoms with Gasteiger partial charge in [0.1, 0.15) is 0 Å². The van der Waals surface area contributed by atoms with Gasteiger partial charge in [-0.15, -0.1) is 11.6 Å². The van der Waals surface area contributed by atoms with E-state index in [9.17, 15) is 17.2 Å². The molecule has 0 aromatic heterocycles. The smallest absolute Gasteiger partial charge is 0.341 e. The highest BCUT2D eigenvalue weighted by Crippen LogP contribution is 2.30. The molecule has 1 aliphatic carbocycles. The zero-order chi connectivity index (χ0) is 15.5. The normalized spacial score (nSPS) is 23.2. The summed E-state index contributed by atoms with van der Waals surface area (Å²) >= 11 is 6.12. The Bertz CT molecular complexity index is 580. The highest BCUT2D eigenvalue weighted by Gasteiger charge is 2.29. The van der Waals surface area contributed by atoms with E-state index >= 15 is 0 Å². The second kappa shape index (κ2) is 6.92. The Morgan fingerprint density at radius 3 is 2.67 bits per heavy atom. The number of nitrogens with one attached hydrogen (secondary N) is 1. The molecule has 0 bridgehead atoms. The van der Waals surface area contributed by atoms with Crippen molar-refractivity contribution in [1.82, 2.24) is 0 Å². The number of halogens is 3. The topological polar surface area (TPSA) is 46.2 Å². The molecule has 0 aliphatic heterocycles. The number of benzene rings is 1. The van der Waals surface area contributed by atoms with Crippen LogP contribution in [0.4, 0.5) is 14.5 Å². The lowest BCUT2D eigenvalue weighted by atomic mass is 9.89. The molecule has 7 heteroatoms. The molecule has 0 amide bonds. The average Bonchev–Trinajstić information content (AvgIpc) is 2.45. The van der Waals surface area contributed by atoms with Gasteiger partial charge in [-0.05, 0) is 37.3 Å². The van der Waals surface area contributed by atoms with Crippen LogP contribution in [-0.2, 0) is 9.84 Å². The zero-order valence-electron chi connectivity index (χ0n) is 11.4. The molecule has 1 aromatic carbocycles. The first-order chi connectivity index (χ1) is 9.91. The SMILES string of the molecule is O=S(=O)(c1ccccc1NCC1CCCC(Cl)C1)C(F)F. The fourth-order valence-corrected chi connectivity index (χ4v) is 3.94. The molecule has 0 spiro atoms. The van der Waals surface area contributed by atoms with Crippen LogP contribution in [0, 0.1) is 5.92 Å². The highest BCUT2D eigenvalue weighted by molar-refractivity contribution is 7.91. The van der Waals surface area contributed by atoms with Gasteiger partial charge in [0.15, 0.2) is 0 Å². The molecular weight excluding hydrogens is 320 g/mol. The van der Waals surface area contributed by atoms with Gasteiger partial charge in [0, 0.05) is 11.9 Å². The summed E-state index contributed by atoms with van der Waals surface area (Å²) in [4.78, 5) is -0.349. The molecule has 2 rings (SSSR count). The van der Waals surface area contributed by atoms with Crippen LogP contribution in [0.15, 0.2) is 29.2 Å². The van der Waals surface area contributed by atoms with Crippen molar-refractivity contribution in [3.63, 3.8) is 0 Å². The number of para-hydroxylation sites is 1. The predicted molar refractivity (Wildman–Crippen MR) is 79.7 cm³/mol. The molecule has 1 saturated carbocycles. The van der Waals surface area contributed by atoms with E-state index in [1.165, 1.54) is 18.2 Å². The van der Waals surface area contributed by atoms with E-state index in [4.69, 9.17) is 11.6 Å². The predicted octanol–water partition coefficient (Wildman–Crippen LogP) is 3.89. The monoisotopic (exact) mass is 337 g/mol. The number of rotatable bonds is 5. The molecule has 3 nitrogen and oxygen atoms in total. The van der Waals surface area contributed by atoms with Crippen LogP contribution in [0.3, 0.4) is 0 Å². The van der Waals surface area contributed by atoms with Crippen LogP contribution in [0.1, 0.15) is 25.7 Å². The van der Waals surface area contributed by atoms with Crippen molar-refractivity contribution in [2.75, 3.05) is 11.9 Å². The summed E-state index contributed by atoms with van der Waals surface area (Å²) in [6, 6.07) is 5.78. The van der Waals surface area contributed by atoms with Crippen LogP contribution in [0.2, 0.25) is 0 Å². The number of hydrogen-bond acceptors (Lipinski definition) is 3. The van der Waals surface area contributed by atoms with E-state index in [2.05, 4.69) is 5.32 Å². The molecule has 0 heterocycles. The molecule has 1 fully saturated rings. The van der Waals surface area contributed by atoms with Crippen molar-refractivity contribution in [2.45, 2.75) is 41.7 Å². The molecule has 1 N–H and O–H groups in total. The minimum absolute atomic E-state index is 0.144. The fourth-order valence-electron chi connectivity index (χ4n) is 2.62. The van der Waals surface area contributed by atoms with Crippen molar-refractivity contribution in [1.29, 1.82) is 0 Å². The molecular formula is C14H18ClF2NO2S. The molecule has 0 radical (unpaired) electrons. The van der Waals surface area contributed by atoms with Gasteiger partial charge in [-0.2, -0.15) is 8.78 Å². The maximum Gasteiger partial charge on any atom is 0.341 e. The van der Waals surface area contributed by atoms with Crippen LogP contribution < -0.4 is 5.32 Å². The lowest BCUT2D eigenvalue weighted by Gasteiger charge is -2.26. The summed E-state index contributed by atoms with van der Waals surface area (Å²) < 4.78 is 48.7. The molecule has 1 aromatic rings. The largest absolute Gasteiger partial charge is 0.384 e. The number of hydrogen-bond donors (Lipinski definition) is 1. The van der Waals surface area contributed by atoms with E-state index < -0.39 is 15.6 Å². The van der Waals surface area contributed by atoms with Crippen molar-refractivity contribution in [2.24, 2.45) is 5.92 Å². The summed E-state index contributed by atoms with van der Waals surface area (Å²) in [6.45, 7) is 0.541. The molecule has 21 heavy (non-hydrogen) atoms. The van der Waals surface area contributed by atoms with Gasteiger partial charge >= 0.3 is 5.76 Å². The molecule has 2 atom stereocenters. The average molecular weight is 338 g/mol. The third kappa shape index (κ3) is 4.07. The molecule has 2 unspecified atom stereocenters. The van der Waals surface area contributed by atoms with E-state index in [0.29, 0.717) is 12.5 Å². The van der Waals surface area contributed by atoms with E-state index in [1.807, 2.05) is 0 Å². The maximum atomic E-state index is 12.7. The summed E-state index contributed by atoms with van der Waals surface area (Å²) in [6.07, 6.45) is 3.91. The number of anilines is 1. The maximum absolute atomic E-state index is 12.7. The standard InChI is InChI=1S/C14H18ClF2NO2S/c15-11-5-3-4-10(8-11)9-18-12-6-1-2-7-13(12)21(19,20)14(16)17/h1-2,6-7,10-11,14,18H,3-5,8-9H2. The van der Waals surface area contributed by atoms with Crippen molar-refractivity contribution in [3.8, 4) is 0 Å². The summed E-state index contributed by atoms with van der Waals surface area (Å²) in [5, 5.41) is 3.14. The number of sulfone groups is 1. The van der Waals surface area contributed by atoms with Crippen LogP contribution >= 0.6 is 11.6 Å². The minimum atomic E-state index is -4.59. The van der Waals surface area contributed by atoms with Crippen molar-refractivity contribution < 1.29 is 17.2 Å².